The molecule has 1 N–H and O–H groups in total. The van der Waals surface area contributed by atoms with Gasteiger partial charge in [0, 0.05) is 11.6 Å². The minimum atomic E-state index is -3.62. The van der Waals surface area contributed by atoms with Gasteiger partial charge in [0.25, 0.3) is 0 Å². The Morgan fingerprint density at radius 3 is 2.38 bits per heavy atom. The molecule has 0 aliphatic rings. The average molecular weight is 397 g/mol. The molecule has 0 aromatic heterocycles. The number of anilines is 1. The van der Waals surface area contributed by atoms with Crippen LogP contribution >= 0.6 is 11.6 Å². The highest BCUT2D eigenvalue weighted by molar-refractivity contribution is 7.92. The third-order valence-corrected chi connectivity index (χ3v) is 5.07. The van der Waals surface area contributed by atoms with Gasteiger partial charge in [-0.3, -0.25) is 9.10 Å². The zero-order valence-corrected chi connectivity index (χ0v) is 16.2. The van der Waals surface area contributed by atoms with Crippen LogP contribution in [0.2, 0.25) is 5.02 Å². The van der Waals surface area contributed by atoms with Crippen molar-refractivity contribution in [3.8, 4) is 5.75 Å². The van der Waals surface area contributed by atoms with Gasteiger partial charge >= 0.3 is 0 Å². The zero-order chi connectivity index (χ0) is 19.2. The SMILES string of the molecule is CCOc1ccc(N(CC(=O)NCc2ccccc2Cl)S(C)(=O)=O)cc1. The van der Waals surface area contributed by atoms with Crippen molar-refractivity contribution in [3.63, 3.8) is 0 Å². The molecule has 0 unspecified atom stereocenters. The summed E-state index contributed by atoms with van der Waals surface area (Å²) in [5.41, 5.74) is 1.15. The van der Waals surface area contributed by atoms with E-state index in [0.29, 0.717) is 23.1 Å². The van der Waals surface area contributed by atoms with Crippen molar-refractivity contribution in [2.24, 2.45) is 0 Å². The maximum absolute atomic E-state index is 12.2. The lowest BCUT2D eigenvalue weighted by Crippen LogP contribution is -2.40. The predicted molar refractivity (Wildman–Crippen MR) is 103 cm³/mol. The normalized spacial score (nSPS) is 11.0. The number of nitrogens with one attached hydrogen (secondary N) is 1. The Balaban J connectivity index is 2.08. The lowest BCUT2D eigenvalue weighted by Gasteiger charge is -2.22. The van der Waals surface area contributed by atoms with E-state index in [9.17, 15) is 13.2 Å². The maximum Gasteiger partial charge on any atom is 0.241 e. The fraction of sp³-hybridized carbons (Fsp3) is 0.278. The van der Waals surface area contributed by atoms with Crippen molar-refractivity contribution in [1.29, 1.82) is 0 Å². The molecule has 6 nitrogen and oxygen atoms in total. The van der Waals surface area contributed by atoms with Crippen LogP contribution in [-0.2, 0) is 21.4 Å². The highest BCUT2D eigenvalue weighted by Crippen LogP contribution is 2.21. The molecule has 8 heteroatoms. The first kappa shape index (κ1) is 20.1. The molecule has 0 fully saturated rings. The molecule has 0 aliphatic heterocycles. The number of carbonyl (C=O) groups is 1. The lowest BCUT2D eigenvalue weighted by atomic mass is 10.2. The summed E-state index contributed by atoms with van der Waals surface area (Å²) in [6, 6.07) is 13.7. The van der Waals surface area contributed by atoms with E-state index in [0.717, 1.165) is 16.1 Å². The van der Waals surface area contributed by atoms with Gasteiger partial charge in [-0.15, -0.1) is 0 Å². The van der Waals surface area contributed by atoms with E-state index >= 15 is 0 Å². The molecule has 0 heterocycles. The van der Waals surface area contributed by atoms with Crippen LogP contribution in [0.1, 0.15) is 12.5 Å². The number of rotatable bonds is 8. The molecule has 0 radical (unpaired) electrons. The van der Waals surface area contributed by atoms with E-state index in [1.54, 1.807) is 42.5 Å². The van der Waals surface area contributed by atoms with Gasteiger partial charge in [-0.2, -0.15) is 0 Å². The number of nitrogens with zero attached hydrogens (tertiary/aromatic N) is 1. The number of amides is 1. The largest absolute Gasteiger partial charge is 0.494 e. The Morgan fingerprint density at radius 2 is 1.81 bits per heavy atom. The second-order valence-corrected chi connectivity index (χ2v) is 7.88. The van der Waals surface area contributed by atoms with E-state index in [1.807, 2.05) is 13.0 Å². The number of ether oxygens (including phenoxy) is 1. The zero-order valence-electron chi connectivity index (χ0n) is 14.6. The topological polar surface area (TPSA) is 75.7 Å². The lowest BCUT2D eigenvalue weighted by molar-refractivity contribution is -0.119. The average Bonchev–Trinajstić information content (AvgIpc) is 2.59. The van der Waals surface area contributed by atoms with Crippen molar-refractivity contribution < 1.29 is 17.9 Å². The summed E-state index contributed by atoms with van der Waals surface area (Å²) in [5.74, 6) is 0.206. The Labute approximate surface area is 158 Å². The molecule has 2 rings (SSSR count). The van der Waals surface area contributed by atoms with Gasteiger partial charge in [-0.05, 0) is 42.8 Å². The summed E-state index contributed by atoms with van der Waals surface area (Å²) >= 11 is 6.05. The van der Waals surface area contributed by atoms with Crippen LogP contribution in [0.3, 0.4) is 0 Å². The molecule has 0 bridgehead atoms. The van der Waals surface area contributed by atoms with Gasteiger partial charge in [0.1, 0.15) is 12.3 Å². The van der Waals surface area contributed by atoms with Crippen LogP contribution in [0.25, 0.3) is 0 Å². The number of halogens is 1. The first-order valence-corrected chi connectivity index (χ1v) is 10.2. The quantitative estimate of drug-likeness (QED) is 0.744. The number of benzene rings is 2. The molecule has 140 valence electrons. The van der Waals surface area contributed by atoms with Crippen molar-refractivity contribution in [1.82, 2.24) is 5.32 Å². The summed E-state index contributed by atoms with van der Waals surface area (Å²) in [7, 11) is -3.62. The van der Waals surface area contributed by atoms with E-state index in [4.69, 9.17) is 16.3 Å². The summed E-state index contributed by atoms with van der Waals surface area (Å²) in [5, 5.41) is 3.23. The highest BCUT2D eigenvalue weighted by atomic mass is 35.5. The fourth-order valence-electron chi connectivity index (χ4n) is 2.30. The van der Waals surface area contributed by atoms with Crippen molar-refractivity contribution in [3.05, 3.63) is 59.1 Å². The molecule has 2 aromatic rings. The Morgan fingerprint density at radius 1 is 1.15 bits per heavy atom. The van der Waals surface area contributed by atoms with E-state index < -0.39 is 15.9 Å². The molecule has 0 aliphatic carbocycles. The van der Waals surface area contributed by atoms with Crippen LogP contribution in [0.15, 0.2) is 48.5 Å². The molecular weight excluding hydrogens is 376 g/mol. The highest BCUT2D eigenvalue weighted by Gasteiger charge is 2.21. The molecule has 26 heavy (non-hydrogen) atoms. The number of hydrogen-bond donors (Lipinski definition) is 1. The minimum absolute atomic E-state index is 0.222. The van der Waals surface area contributed by atoms with Gasteiger partial charge < -0.3 is 10.1 Å². The molecule has 0 atom stereocenters. The van der Waals surface area contributed by atoms with Crippen LogP contribution in [-0.4, -0.2) is 33.7 Å². The van der Waals surface area contributed by atoms with E-state index in [1.165, 1.54) is 0 Å². The third-order valence-electron chi connectivity index (χ3n) is 3.56. The second-order valence-electron chi connectivity index (χ2n) is 5.56. The van der Waals surface area contributed by atoms with E-state index in [2.05, 4.69) is 5.32 Å². The molecule has 0 saturated carbocycles. The standard InChI is InChI=1S/C18H21ClN2O4S/c1-3-25-16-10-8-15(9-11-16)21(26(2,23)24)13-18(22)20-12-14-6-4-5-7-17(14)19/h4-11H,3,12-13H2,1-2H3,(H,20,22). The van der Waals surface area contributed by atoms with Crippen LogP contribution in [0.5, 0.6) is 5.75 Å². The summed E-state index contributed by atoms with van der Waals surface area (Å²) in [6.07, 6.45) is 1.06. The Kier molecular flexibility index (Phi) is 6.88. The Bertz CT molecular complexity index is 854. The van der Waals surface area contributed by atoms with Crippen molar-refractivity contribution in [2.75, 3.05) is 23.7 Å². The summed E-state index contributed by atoms with van der Waals surface area (Å²) in [6.45, 7) is 2.27. The van der Waals surface area contributed by atoms with Crippen molar-refractivity contribution >= 4 is 33.2 Å². The van der Waals surface area contributed by atoms with Gasteiger partial charge in [-0.25, -0.2) is 8.42 Å². The molecular formula is C18H21ClN2O4S. The molecule has 2 aromatic carbocycles. The first-order valence-electron chi connectivity index (χ1n) is 8.02. The van der Waals surface area contributed by atoms with Crippen LogP contribution < -0.4 is 14.4 Å². The summed E-state index contributed by atoms with van der Waals surface area (Å²) < 4.78 is 30.6. The molecule has 0 saturated heterocycles. The van der Waals surface area contributed by atoms with E-state index in [-0.39, 0.29) is 13.1 Å². The minimum Gasteiger partial charge on any atom is -0.494 e. The van der Waals surface area contributed by atoms with Gasteiger partial charge in [-0.1, -0.05) is 29.8 Å². The first-order chi connectivity index (χ1) is 12.3. The van der Waals surface area contributed by atoms with Crippen LogP contribution in [0, 0.1) is 0 Å². The second kappa shape index (κ2) is 8.91. The molecule has 0 spiro atoms. The van der Waals surface area contributed by atoms with Gasteiger partial charge in [0.2, 0.25) is 15.9 Å². The van der Waals surface area contributed by atoms with Gasteiger partial charge in [0.15, 0.2) is 0 Å². The monoisotopic (exact) mass is 396 g/mol. The van der Waals surface area contributed by atoms with Crippen molar-refractivity contribution in [2.45, 2.75) is 13.5 Å². The molecule has 1 amide bonds. The van der Waals surface area contributed by atoms with Crippen LogP contribution in [0.4, 0.5) is 5.69 Å². The maximum atomic E-state index is 12.2. The smallest absolute Gasteiger partial charge is 0.241 e. The third kappa shape index (κ3) is 5.64. The predicted octanol–water partition coefficient (Wildman–Crippen LogP) is 2.82. The number of sulfonamides is 1. The Hall–Kier alpha value is -2.25. The number of hydrogen-bond acceptors (Lipinski definition) is 4. The fourth-order valence-corrected chi connectivity index (χ4v) is 3.36. The van der Waals surface area contributed by atoms with Gasteiger partial charge in [0.05, 0.1) is 18.6 Å². The summed E-state index contributed by atoms with van der Waals surface area (Å²) in [4.78, 5) is 12.2. The number of carbonyl (C=O) groups excluding carboxylic acids is 1.